The molecule has 0 unspecified atom stereocenters. The largest absolute Gasteiger partial charge is 0.449 e. The van der Waals surface area contributed by atoms with Crippen LogP contribution in [0, 0.1) is 18.6 Å². The second-order valence-corrected chi connectivity index (χ2v) is 6.04. The minimum atomic E-state index is -1.18. The number of hydrogen-bond donors (Lipinski definition) is 1. The maximum atomic E-state index is 13.7. The molecule has 126 valence electrons. The molecule has 1 atom stereocenters. The topological polar surface area (TPSA) is 55.4 Å². The number of carbonyl (C=O) groups excluding carboxylic acids is 2. The van der Waals surface area contributed by atoms with Gasteiger partial charge in [0.05, 0.1) is 11.3 Å². The number of nitrogens with one attached hydrogen (secondary N) is 1. The number of halogens is 3. The molecule has 0 saturated carbocycles. The van der Waals surface area contributed by atoms with E-state index in [9.17, 15) is 18.4 Å². The highest BCUT2D eigenvalue weighted by atomic mass is 79.9. The Kier molecular flexibility index (Phi) is 5.66. The summed E-state index contributed by atoms with van der Waals surface area (Å²) in [5.74, 6) is -2.71. The van der Waals surface area contributed by atoms with E-state index in [1.54, 1.807) is 13.0 Å². The smallest absolute Gasteiger partial charge is 0.339 e. The lowest BCUT2D eigenvalue weighted by atomic mass is 10.1. The van der Waals surface area contributed by atoms with Gasteiger partial charge in [-0.3, -0.25) is 4.79 Å². The van der Waals surface area contributed by atoms with Gasteiger partial charge in [0.15, 0.2) is 6.10 Å². The second-order valence-electron chi connectivity index (χ2n) is 5.12. The van der Waals surface area contributed by atoms with Crippen molar-refractivity contribution in [3.8, 4) is 0 Å². The van der Waals surface area contributed by atoms with E-state index in [0.717, 1.165) is 6.07 Å². The monoisotopic (exact) mass is 397 g/mol. The fourth-order valence-corrected chi connectivity index (χ4v) is 2.16. The van der Waals surface area contributed by atoms with E-state index in [-0.39, 0.29) is 11.3 Å². The number of hydrogen-bond acceptors (Lipinski definition) is 3. The number of aryl methyl sites for hydroxylation is 1. The Morgan fingerprint density at radius 2 is 1.83 bits per heavy atom. The van der Waals surface area contributed by atoms with Gasteiger partial charge in [0, 0.05) is 4.47 Å². The summed E-state index contributed by atoms with van der Waals surface area (Å²) in [4.78, 5) is 23.9. The van der Waals surface area contributed by atoms with Crippen LogP contribution in [0.2, 0.25) is 0 Å². The Morgan fingerprint density at radius 3 is 2.46 bits per heavy atom. The zero-order chi connectivity index (χ0) is 17.9. The zero-order valence-electron chi connectivity index (χ0n) is 12.9. The zero-order valence-corrected chi connectivity index (χ0v) is 14.5. The van der Waals surface area contributed by atoms with E-state index in [1.807, 2.05) is 0 Å². The first-order chi connectivity index (χ1) is 11.3. The number of carbonyl (C=O) groups is 2. The molecule has 0 spiro atoms. The van der Waals surface area contributed by atoms with Crippen LogP contribution in [0.25, 0.3) is 0 Å². The normalized spacial score (nSPS) is 11.7. The van der Waals surface area contributed by atoms with Crippen molar-refractivity contribution in [2.75, 3.05) is 5.32 Å². The average Bonchev–Trinajstić information content (AvgIpc) is 2.52. The number of esters is 1. The third-order valence-electron chi connectivity index (χ3n) is 3.25. The van der Waals surface area contributed by atoms with Gasteiger partial charge in [0.25, 0.3) is 5.91 Å². The van der Waals surface area contributed by atoms with Crippen LogP contribution in [0.1, 0.15) is 22.8 Å². The first kappa shape index (κ1) is 18.1. The molecule has 2 aromatic rings. The summed E-state index contributed by atoms with van der Waals surface area (Å²) in [5.41, 5.74) is 0.350. The molecular formula is C17H14BrF2NO3. The van der Waals surface area contributed by atoms with E-state index in [1.165, 1.54) is 31.2 Å². The summed E-state index contributed by atoms with van der Waals surface area (Å²) >= 11 is 3.11. The molecule has 0 heterocycles. The molecule has 24 heavy (non-hydrogen) atoms. The van der Waals surface area contributed by atoms with Gasteiger partial charge in [0.2, 0.25) is 0 Å². The minimum absolute atomic E-state index is 0.00688. The summed E-state index contributed by atoms with van der Waals surface area (Å²) in [6.07, 6.45) is -1.18. The van der Waals surface area contributed by atoms with E-state index in [0.29, 0.717) is 10.0 Å². The Balaban J connectivity index is 2.02. The van der Waals surface area contributed by atoms with Gasteiger partial charge in [-0.05, 0) is 49.7 Å². The van der Waals surface area contributed by atoms with Crippen LogP contribution >= 0.6 is 15.9 Å². The molecule has 0 bridgehead atoms. The molecule has 0 aliphatic heterocycles. The van der Waals surface area contributed by atoms with Gasteiger partial charge in [-0.1, -0.05) is 22.0 Å². The number of ether oxygens (including phenoxy) is 1. The van der Waals surface area contributed by atoms with Gasteiger partial charge in [-0.25, -0.2) is 13.6 Å². The molecule has 0 aliphatic rings. The van der Waals surface area contributed by atoms with Crippen LogP contribution in [-0.2, 0) is 9.53 Å². The van der Waals surface area contributed by atoms with Crippen molar-refractivity contribution in [1.82, 2.24) is 0 Å². The number of benzene rings is 2. The maximum Gasteiger partial charge on any atom is 0.339 e. The van der Waals surface area contributed by atoms with Crippen LogP contribution < -0.4 is 5.32 Å². The quantitative estimate of drug-likeness (QED) is 0.785. The lowest BCUT2D eigenvalue weighted by Crippen LogP contribution is -2.30. The maximum absolute atomic E-state index is 13.7. The molecule has 0 aliphatic carbocycles. The highest BCUT2D eigenvalue weighted by molar-refractivity contribution is 9.10. The predicted molar refractivity (Wildman–Crippen MR) is 88.7 cm³/mol. The van der Waals surface area contributed by atoms with Crippen molar-refractivity contribution >= 4 is 33.5 Å². The van der Waals surface area contributed by atoms with Gasteiger partial charge in [-0.2, -0.15) is 0 Å². The van der Waals surface area contributed by atoms with Crippen LogP contribution in [0.4, 0.5) is 14.5 Å². The molecule has 1 amide bonds. The first-order valence-electron chi connectivity index (χ1n) is 7.01. The molecule has 0 aromatic heterocycles. The summed E-state index contributed by atoms with van der Waals surface area (Å²) in [7, 11) is 0. The van der Waals surface area contributed by atoms with Crippen LogP contribution in [0.15, 0.2) is 40.9 Å². The van der Waals surface area contributed by atoms with E-state index < -0.39 is 29.6 Å². The van der Waals surface area contributed by atoms with E-state index in [2.05, 4.69) is 21.2 Å². The Labute approximate surface area is 145 Å². The van der Waals surface area contributed by atoms with Crippen molar-refractivity contribution < 1.29 is 23.1 Å². The molecular weight excluding hydrogens is 384 g/mol. The molecule has 2 rings (SSSR count). The first-order valence-corrected chi connectivity index (χ1v) is 7.80. The van der Waals surface area contributed by atoms with Gasteiger partial charge < -0.3 is 10.1 Å². The molecule has 7 heteroatoms. The highest BCUT2D eigenvalue weighted by Crippen LogP contribution is 2.20. The number of amides is 1. The van der Waals surface area contributed by atoms with Crippen molar-refractivity contribution in [3.63, 3.8) is 0 Å². The molecule has 0 radical (unpaired) electrons. The second kappa shape index (κ2) is 7.53. The number of anilines is 1. The fourth-order valence-electron chi connectivity index (χ4n) is 1.83. The molecule has 1 N–H and O–H groups in total. The molecule has 4 nitrogen and oxygen atoms in total. The standard InChI is InChI=1S/C17H14BrF2NO3/c1-9-3-4-11(7-13(9)19)17(23)24-10(2)16(22)21-15-6-5-12(18)8-14(15)20/h3-8,10H,1-2H3,(H,21,22)/t10-/m0/s1. The van der Waals surface area contributed by atoms with E-state index >= 15 is 0 Å². The molecule has 0 saturated heterocycles. The van der Waals surface area contributed by atoms with Gasteiger partial charge >= 0.3 is 5.97 Å². The lowest BCUT2D eigenvalue weighted by molar-refractivity contribution is -0.123. The summed E-state index contributed by atoms with van der Waals surface area (Å²) < 4.78 is 32.7. The van der Waals surface area contributed by atoms with Gasteiger partial charge in [-0.15, -0.1) is 0 Å². The third-order valence-corrected chi connectivity index (χ3v) is 3.74. The summed E-state index contributed by atoms with van der Waals surface area (Å²) in [5, 5.41) is 2.33. The van der Waals surface area contributed by atoms with Crippen LogP contribution in [0.5, 0.6) is 0 Å². The lowest BCUT2D eigenvalue weighted by Gasteiger charge is -2.14. The SMILES string of the molecule is Cc1ccc(C(=O)O[C@@H](C)C(=O)Nc2ccc(Br)cc2F)cc1F. The van der Waals surface area contributed by atoms with Crippen molar-refractivity contribution in [2.24, 2.45) is 0 Å². The molecule has 2 aromatic carbocycles. The van der Waals surface area contributed by atoms with E-state index in [4.69, 9.17) is 4.74 Å². The fraction of sp³-hybridized carbons (Fsp3) is 0.176. The molecule has 0 fully saturated rings. The predicted octanol–water partition coefficient (Wildman–Crippen LogP) is 4.22. The summed E-state index contributed by atoms with van der Waals surface area (Å²) in [6, 6.07) is 8.01. The van der Waals surface area contributed by atoms with Crippen molar-refractivity contribution in [2.45, 2.75) is 20.0 Å². The van der Waals surface area contributed by atoms with Crippen LogP contribution in [-0.4, -0.2) is 18.0 Å². The van der Waals surface area contributed by atoms with Crippen molar-refractivity contribution in [3.05, 3.63) is 63.6 Å². The number of rotatable bonds is 4. The minimum Gasteiger partial charge on any atom is -0.449 e. The van der Waals surface area contributed by atoms with Crippen LogP contribution in [0.3, 0.4) is 0 Å². The third kappa shape index (κ3) is 4.38. The van der Waals surface area contributed by atoms with Gasteiger partial charge in [0.1, 0.15) is 11.6 Å². The highest BCUT2D eigenvalue weighted by Gasteiger charge is 2.20. The Bertz CT molecular complexity index is 795. The summed E-state index contributed by atoms with van der Waals surface area (Å²) in [6.45, 7) is 2.90. The van der Waals surface area contributed by atoms with Crippen molar-refractivity contribution in [1.29, 1.82) is 0 Å². The Hall–Kier alpha value is -2.28. The Morgan fingerprint density at radius 1 is 1.12 bits per heavy atom. The average molecular weight is 398 g/mol.